The highest BCUT2D eigenvalue weighted by atomic mass is 28.4. The fourth-order valence-corrected chi connectivity index (χ4v) is 3.27. The average molecular weight is 347 g/mol. The fourth-order valence-electron chi connectivity index (χ4n) is 2.22. The van der Waals surface area contributed by atoms with Crippen LogP contribution in [-0.4, -0.2) is 20.7 Å². The van der Waals surface area contributed by atoms with Crippen molar-refractivity contribution in [2.45, 2.75) is 71.5 Å². The first-order valence-corrected chi connectivity index (χ1v) is 12.0. The van der Waals surface area contributed by atoms with Crippen molar-refractivity contribution >= 4 is 14.1 Å². The van der Waals surface area contributed by atoms with Gasteiger partial charge in [-0.15, -0.1) is 0 Å². The molecule has 3 heteroatoms. The number of hydrogen-bond acceptors (Lipinski definition) is 2. The highest BCUT2D eigenvalue weighted by Gasteiger charge is 2.37. The monoisotopic (exact) mass is 346 g/mol. The van der Waals surface area contributed by atoms with Crippen LogP contribution >= 0.6 is 0 Å². The quantitative estimate of drug-likeness (QED) is 0.300. The third kappa shape index (κ3) is 6.74. The van der Waals surface area contributed by atoms with E-state index in [1.54, 1.807) is 6.08 Å². The Hall–Kier alpha value is -1.19. The molecular formula is C21H34O2Si. The molecular weight excluding hydrogens is 312 g/mol. The lowest BCUT2D eigenvalue weighted by atomic mass is 10.1. The molecule has 0 unspecified atom stereocenters. The fraction of sp³-hybridized carbons (Fsp3) is 0.571. The van der Waals surface area contributed by atoms with Gasteiger partial charge in [0.25, 0.3) is 0 Å². The molecule has 134 valence electrons. The molecule has 0 saturated heterocycles. The number of hydrogen-bond donors (Lipinski definition) is 0. The number of rotatable bonds is 8. The van der Waals surface area contributed by atoms with Gasteiger partial charge in [0.2, 0.25) is 0 Å². The molecule has 0 aromatic carbocycles. The number of allylic oxidation sites excluding steroid dienone is 7. The van der Waals surface area contributed by atoms with Crippen LogP contribution in [0.5, 0.6) is 0 Å². The van der Waals surface area contributed by atoms with Crippen molar-refractivity contribution in [3.05, 3.63) is 47.6 Å². The van der Waals surface area contributed by atoms with E-state index in [1.807, 2.05) is 12.2 Å². The van der Waals surface area contributed by atoms with Crippen molar-refractivity contribution < 1.29 is 9.22 Å². The average Bonchev–Trinajstić information content (AvgIpc) is 2.81. The Morgan fingerprint density at radius 1 is 1.21 bits per heavy atom. The van der Waals surface area contributed by atoms with Gasteiger partial charge in [0, 0.05) is 12.2 Å². The van der Waals surface area contributed by atoms with Crippen molar-refractivity contribution in [3.63, 3.8) is 0 Å². The van der Waals surface area contributed by atoms with E-state index >= 15 is 0 Å². The van der Waals surface area contributed by atoms with Gasteiger partial charge in [0.05, 0.1) is 0 Å². The summed E-state index contributed by atoms with van der Waals surface area (Å²) in [6.07, 6.45) is 15.8. The molecule has 0 radical (unpaired) electrons. The molecule has 1 aliphatic carbocycles. The van der Waals surface area contributed by atoms with Gasteiger partial charge in [-0.2, -0.15) is 0 Å². The van der Waals surface area contributed by atoms with Crippen LogP contribution in [0, 0.1) is 0 Å². The Labute approximate surface area is 149 Å². The van der Waals surface area contributed by atoms with Crippen LogP contribution in [0.2, 0.25) is 18.1 Å². The third-order valence-electron chi connectivity index (χ3n) is 4.87. The van der Waals surface area contributed by atoms with E-state index in [2.05, 4.69) is 59.0 Å². The van der Waals surface area contributed by atoms with Gasteiger partial charge in [0.1, 0.15) is 0 Å². The lowest BCUT2D eigenvalue weighted by Crippen LogP contribution is -2.41. The van der Waals surface area contributed by atoms with Crippen LogP contribution in [0.15, 0.2) is 47.6 Å². The zero-order valence-electron chi connectivity index (χ0n) is 16.3. The highest BCUT2D eigenvalue weighted by Crippen LogP contribution is 2.37. The number of carbonyl (C=O) groups excluding carboxylic acids is 1. The minimum absolute atomic E-state index is 0.158. The van der Waals surface area contributed by atoms with E-state index in [9.17, 15) is 4.79 Å². The van der Waals surface area contributed by atoms with E-state index in [0.717, 1.165) is 37.9 Å². The molecule has 0 bridgehead atoms. The summed E-state index contributed by atoms with van der Waals surface area (Å²) in [5.41, 5.74) is 2.09. The minimum atomic E-state index is -1.69. The number of ketones is 1. The highest BCUT2D eigenvalue weighted by molar-refractivity contribution is 6.74. The maximum absolute atomic E-state index is 12.0. The van der Waals surface area contributed by atoms with E-state index in [0.29, 0.717) is 0 Å². The summed E-state index contributed by atoms with van der Waals surface area (Å²) < 4.78 is 6.21. The molecule has 0 aromatic rings. The van der Waals surface area contributed by atoms with Crippen LogP contribution in [-0.2, 0) is 9.22 Å². The molecule has 0 aliphatic heterocycles. The summed E-state index contributed by atoms with van der Waals surface area (Å²) in [6, 6.07) is 0. The molecule has 0 heterocycles. The van der Waals surface area contributed by atoms with Crippen LogP contribution in [0.1, 0.15) is 53.4 Å². The smallest absolute Gasteiger partial charge is 0.191 e. The first kappa shape index (κ1) is 20.9. The lowest BCUT2D eigenvalue weighted by Gasteiger charge is -2.36. The van der Waals surface area contributed by atoms with Crippen molar-refractivity contribution in [3.8, 4) is 0 Å². The molecule has 0 N–H and O–H groups in total. The second-order valence-corrected chi connectivity index (χ2v) is 12.7. The van der Waals surface area contributed by atoms with Crippen LogP contribution < -0.4 is 0 Å². The maximum Gasteiger partial charge on any atom is 0.191 e. The molecule has 0 aromatic heterocycles. The van der Waals surface area contributed by atoms with Gasteiger partial charge in [-0.1, -0.05) is 63.6 Å². The molecule has 0 atom stereocenters. The Kier molecular flexibility index (Phi) is 8.11. The summed E-state index contributed by atoms with van der Waals surface area (Å²) in [4.78, 5) is 12.0. The van der Waals surface area contributed by atoms with E-state index < -0.39 is 8.32 Å². The van der Waals surface area contributed by atoms with Gasteiger partial charge in [-0.25, -0.2) is 0 Å². The predicted octanol–water partition coefficient (Wildman–Crippen LogP) is 6.14. The largest absolute Gasteiger partial charge is 0.417 e. The Morgan fingerprint density at radius 2 is 1.92 bits per heavy atom. The van der Waals surface area contributed by atoms with Gasteiger partial charge in [-0.3, -0.25) is 4.79 Å². The summed E-state index contributed by atoms with van der Waals surface area (Å²) in [6.45, 7) is 14.1. The van der Waals surface area contributed by atoms with Crippen molar-refractivity contribution in [2.24, 2.45) is 0 Å². The Morgan fingerprint density at radius 3 is 2.54 bits per heavy atom. The zero-order chi connectivity index (χ0) is 18.2. The summed E-state index contributed by atoms with van der Waals surface area (Å²) in [7, 11) is -1.69. The first-order valence-electron chi connectivity index (χ1n) is 9.06. The van der Waals surface area contributed by atoms with Crippen LogP contribution in [0.3, 0.4) is 0 Å². The van der Waals surface area contributed by atoms with Gasteiger partial charge >= 0.3 is 0 Å². The first-order chi connectivity index (χ1) is 11.2. The Balaban J connectivity index is 2.44. The Bertz CT molecular complexity index is 543. The molecule has 0 fully saturated rings. The molecule has 2 nitrogen and oxygen atoms in total. The van der Waals surface area contributed by atoms with Gasteiger partial charge < -0.3 is 4.43 Å². The zero-order valence-corrected chi connectivity index (χ0v) is 17.3. The van der Waals surface area contributed by atoms with Crippen LogP contribution in [0.25, 0.3) is 0 Å². The molecule has 0 saturated carbocycles. The molecule has 0 spiro atoms. The minimum Gasteiger partial charge on any atom is -0.417 e. The number of carbonyl (C=O) groups is 1. The predicted molar refractivity (Wildman–Crippen MR) is 107 cm³/mol. The normalized spacial score (nSPS) is 18.3. The van der Waals surface area contributed by atoms with Crippen molar-refractivity contribution in [2.75, 3.05) is 6.61 Å². The summed E-state index contributed by atoms with van der Waals surface area (Å²) >= 11 is 0. The molecule has 24 heavy (non-hydrogen) atoms. The maximum atomic E-state index is 12.0. The topological polar surface area (TPSA) is 26.3 Å². The molecule has 1 aliphatic rings. The van der Waals surface area contributed by atoms with E-state index in [-0.39, 0.29) is 10.8 Å². The van der Waals surface area contributed by atoms with E-state index in [4.69, 9.17) is 4.43 Å². The second kappa shape index (κ2) is 9.33. The SMILES string of the molecule is CC/C=C\C/C=C/C=C1\CC(CCO[Si](C)(C)C(C)(C)C)=CC1=O. The summed E-state index contributed by atoms with van der Waals surface area (Å²) in [5.74, 6) is 0.158. The van der Waals surface area contributed by atoms with Crippen molar-refractivity contribution in [1.82, 2.24) is 0 Å². The van der Waals surface area contributed by atoms with Crippen molar-refractivity contribution in [1.29, 1.82) is 0 Å². The third-order valence-corrected chi connectivity index (χ3v) is 9.41. The standard InChI is InChI=1S/C21H34O2Si/c1-7-8-9-10-11-12-13-19-16-18(17-20(19)22)14-15-23-24(5,6)21(2,3)4/h8-9,11-13,17H,7,10,14-16H2,1-6H3/b9-8-,12-11+,19-13+. The second-order valence-electron chi connectivity index (χ2n) is 7.94. The van der Waals surface area contributed by atoms with E-state index in [1.165, 1.54) is 5.57 Å². The van der Waals surface area contributed by atoms with Crippen LogP contribution in [0.4, 0.5) is 0 Å². The lowest BCUT2D eigenvalue weighted by molar-refractivity contribution is -0.111. The summed E-state index contributed by atoms with van der Waals surface area (Å²) in [5, 5.41) is 0.231. The molecule has 1 rings (SSSR count). The molecule has 0 amide bonds. The van der Waals surface area contributed by atoms with Gasteiger partial charge in [-0.05, 0) is 49.9 Å². The van der Waals surface area contributed by atoms with Gasteiger partial charge in [0.15, 0.2) is 14.1 Å².